The third kappa shape index (κ3) is 4.71. The van der Waals surface area contributed by atoms with Crippen LogP contribution in [-0.2, 0) is 14.4 Å². The van der Waals surface area contributed by atoms with Crippen LogP contribution in [0.2, 0.25) is 0 Å². The minimum atomic E-state index is -0.821. The molecule has 1 fully saturated rings. The van der Waals surface area contributed by atoms with Crippen molar-refractivity contribution >= 4 is 34.8 Å². The molecule has 0 aliphatic carbocycles. The largest absolute Gasteiger partial charge is 0.493 e. The van der Waals surface area contributed by atoms with Gasteiger partial charge in [0.05, 0.1) is 14.2 Å². The van der Waals surface area contributed by atoms with Gasteiger partial charge in [-0.1, -0.05) is 6.07 Å². The molecule has 2 N–H and O–H groups in total. The van der Waals surface area contributed by atoms with Crippen LogP contribution >= 0.6 is 0 Å². The van der Waals surface area contributed by atoms with Crippen LogP contribution in [0.3, 0.4) is 0 Å². The van der Waals surface area contributed by atoms with Gasteiger partial charge in [0.1, 0.15) is 0 Å². The number of benzene rings is 2. The number of anilines is 3. The lowest BCUT2D eigenvalue weighted by molar-refractivity contribution is -0.132. The van der Waals surface area contributed by atoms with Crippen molar-refractivity contribution in [3.63, 3.8) is 0 Å². The summed E-state index contributed by atoms with van der Waals surface area (Å²) >= 11 is 0. The fourth-order valence-corrected chi connectivity index (χ4v) is 3.33. The molecule has 0 radical (unpaired) electrons. The highest BCUT2D eigenvalue weighted by Crippen LogP contribution is 2.30. The molecule has 0 bridgehead atoms. The van der Waals surface area contributed by atoms with E-state index in [2.05, 4.69) is 10.6 Å². The molecule has 30 heavy (non-hydrogen) atoms. The molecule has 1 saturated heterocycles. The molecular formula is C22H25N3O5. The van der Waals surface area contributed by atoms with E-state index < -0.39 is 11.8 Å². The first-order valence-corrected chi connectivity index (χ1v) is 9.68. The van der Waals surface area contributed by atoms with E-state index in [1.807, 2.05) is 13.0 Å². The van der Waals surface area contributed by atoms with Gasteiger partial charge in [-0.15, -0.1) is 0 Å². The normalized spacial score (nSPS) is 13.6. The Labute approximate surface area is 175 Å². The fourth-order valence-electron chi connectivity index (χ4n) is 3.33. The number of methoxy groups -OCH3 is 2. The maximum Gasteiger partial charge on any atom is 0.314 e. The smallest absolute Gasteiger partial charge is 0.314 e. The van der Waals surface area contributed by atoms with Crippen molar-refractivity contribution in [1.29, 1.82) is 0 Å². The molecule has 3 rings (SSSR count). The molecule has 1 heterocycles. The zero-order valence-corrected chi connectivity index (χ0v) is 17.3. The number of nitrogens with one attached hydrogen (secondary N) is 2. The maximum atomic E-state index is 12.4. The van der Waals surface area contributed by atoms with E-state index >= 15 is 0 Å². The summed E-state index contributed by atoms with van der Waals surface area (Å²) in [7, 11) is 3.00. The molecule has 0 aromatic heterocycles. The Morgan fingerprint density at radius 2 is 1.53 bits per heavy atom. The summed E-state index contributed by atoms with van der Waals surface area (Å²) in [4.78, 5) is 38.7. The summed E-state index contributed by atoms with van der Waals surface area (Å²) in [6.45, 7) is 2.56. The molecule has 3 amide bonds. The number of nitrogens with zero attached hydrogens (tertiary/aromatic N) is 1. The topological polar surface area (TPSA) is 97.0 Å². The number of carbonyl (C=O) groups excluding carboxylic acids is 3. The van der Waals surface area contributed by atoms with Gasteiger partial charge >= 0.3 is 11.8 Å². The number of amides is 3. The highest BCUT2D eigenvalue weighted by atomic mass is 16.5. The Bertz CT molecular complexity index is 973. The second kappa shape index (κ2) is 9.30. The summed E-state index contributed by atoms with van der Waals surface area (Å²) in [5, 5.41) is 5.12. The fraction of sp³-hybridized carbons (Fsp3) is 0.318. The van der Waals surface area contributed by atoms with Gasteiger partial charge in [-0.25, -0.2) is 0 Å². The van der Waals surface area contributed by atoms with Crippen LogP contribution in [0.5, 0.6) is 11.5 Å². The minimum absolute atomic E-state index is 0.0685. The van der Waals surface area contributed by atoms with E-state index in [9.17, 15) is 14.4 Å². The van der Waals surface area contributed by atoms with E-state index in [1.165, 1.54) is 14.2 Å². The van der Waals surface area contributed by atoms with Gasteiger partial charge in [0, 0.05) is 36.1 Å². The lowest BCUT2D eigenvalue weighted by Gasteiger charge is -2.28. The lowest BCUT2D eigenvalue weighted by Crippen LogP contribution is -2.35. The Hall–Kier alpha value is -3.55. The van der Waals surface area contributed by atoms with Crippen LogP contribution in [0.4, 0.5) is 17.1 Å². The Balaban J connectivity index is 1.70. The number of ether oxygens (including phenoxy) is 2. The number of hydrogen-bond donors (Lipinski definition) is 2. The second-order valence-corrected chi connectivity index (χ2v) is 6.98. The van der Waals surface area contributed by atoms with Crippen LogP contribution < -0.4 is 25.0 Å². The van der Waals surface area contributed by atoms with E-state index in [1.54, 1.807) is 35.2 Å². The molecule has 0 atom stereocenters. The number of carbonyl (C=O) groups is 3. The van der Waals surface area contributed by atoms with Crippen molar-refractivity contribution in [3.8, 4) is 11.5 Å². The molecular weight excluding hydrogens is 386 g/mol. The quantitative estimate of drug-likeness (QED) is 0.737. The Morgan fingerprint density at radius 1 is 0.900 bits per heavy atom. The van der Waals surface area contributed by atoms with Crippen molar-refractivity contribution < 1.29 is 23.9 Å². The summed E-state index contributed by atoms with van der Waals surface area (Å²) in [5.41, 5.74) is 2.52. The monoisotopic (exact) mass is 411 g/mol. The van der Waals surface area contributed by atoms with Crippen molar-refractivity contribution in [2.24, 2.45) is 0 Å². The van der Waals surface area contributed by atoms with Gasteiger partial charge in [0.2, 0.25) is 5.91 Å². The summed E-state index contributed by atoms with van der Waals surface area (Å²) in [5.74, 6) is -0.619. The van der Waals surface area contributed by atoms with Crippen LogP contribution in [0.15, 0.2) is 36.4 Å². The lowest BCUT2D eigenvalue weighted by atomic mass is 10.1. The summed E-state index contributed by atoms with van der Waals surface area (Å²) in [6, 6.07) is 10.1. The molecule has 0 saturated carbocycles. The molecule has 8 heteroatoms. The second-order valence-electron chi connectivity index (χ2n) is 6.98. The van der Waals surface area contributed by atoms with Crippen LogP contribution in [0.1, 0.15) is 24.8 Å². The van der Waals surface area contributed by atoms with Crippen molar-refractivity contribution in [3.05, 3.63) is 42.0 Å². The third-order valence-corrected chi connectivity index (χ3v) is 4.93. The molecule has 1 aliphatic heterocycles. The van der Waals surface area contributed by atoms with E-state index in [0.717, 1.165) is 24.1 Å². The highest BCUT2D eigenvalue weighted by molar-refractivity contribution is 6.43. The first kappa shape index (κ1) is 21.2. The van der Waals surface area contributed by atoms with Gasteiger partial charge in [0.15, 0.2) is 11.5 Å². The Morgan fingerprint density at radius 3 is 2.17 bits per heavy atom. The van der Waals surface area contributed by atoms with Gasteiger partial charge < -0.3 is 25.0 Å². The van der Waals surface area contributed by atoms with E-state index in [-0.39, 0.29) is 5.91 Å². The van der Waals surface area contributed by atoms with Crippen molar-refractivity contribution in [1.82, 2.24) is 0 Å². The van der Waals surface area contributed by atoms with Crippen molar-refractivity contribution in [2.45, 2.75) is 26.2 Å². The van der Waals surface area contributed by atoms with Gasteiger partial charge in [0.25, 0.3) is 0 Å². The maximum absolute atomic E-state index is 12.4. The average Bonchev–Trinajstić information content (AvgIpc) is 2.75. The molecule has 8 nitrogen and oxygen atoms in total. The number of piperidine rings is 1. The summed E-state index contributed by atoms with van der Waals surface area (Å²) in [6.07, 6.45) is 2.35. The van der Waals surface area contributed by atoms with Crippen LogP contribution in [0.25, 0.3) is 0 Å². The molecule has 0 spiro atoms. The Kier molecular flexibility index (Phi) is 6.56. The number of rotatable bonds is 5. The number of hydrogen-bond acceptors (Lipinski definition) is 5. The standard InChI is InChI=1S/C22H25N3O5/c1-14-7-8-15(12-17(14)25-11-5-4-6-20(25)26)23-21(27)22(28)24-16-9-10-18(29-2)19(13-16)30-3/h7-10,12-13H,4-6,11H2,1-3H3,(H,23,27)(H,24,28). The predicted molar refractivity (Wildman–Crippen MR) is 114 cm³/mol. The van der Waals surface area contributed by atoms with Crippen LogP contribution in [-0.4, -0.2) is 38.5 Å². The SMILES string of the molecule is COc1ccc(NC(=O)C(=O)Nc2ccc(C)c(N3CCCCC3=O)c2)cc1OC. The van der Waals surface area contributed by atoms with E-state index in [0.29, 0.717) is 35.8 Å². The molecule has 0 unspecified atom stereocenters. The average molecular weight is 411 g/mol. The molecule has 158 valence electrons. The van der Waals surface area contributed by atoms with Crippen molar-refractivity contribution in [2.75, 3.05) is 36.3 Å². The third-order valence-electron chi connectivity index (χ3n) is 4.93. The number of aryl methyl sites for hydroxylation is 1. The molecule has 2 aromatic carbocycles. The molecule has 1 aliphatic rings. The van der Waals surface area contributed by atoms with Gasteiger partial charge in [-0.2, -0.15) is 0 Å². The zero-order chi connectivity index (χ0) is 21.7. The van der Waals surface area contributed by atoms with Gasteiger partial charge in [-0.05, 0) is 49.6 Å². The highest BCUT2D eigenvalue weighted by Gasteiger charge is 2.22. The van der Waals surface area contributed by atoms with Crippen LogP contribution in [0, 0.1) is 6.92 Å². The predicted octanol–water partition coefficient (Wildman–Crippen LogP) is 3.11. The first-order chi connectivity index (χ1) is 14.4. The molecule has 2 aromatic rings. The first-order valence-electron chi connectivity index (χ1n) is 9.68. The minimum Gasteiger partial charge on any atom is -0.493 e. The zero-order valence-electron chi connectivity index (χ0n) is 17.3. The summed E-state index contributed by atoms with van der Waals surface area (Å²) < 4.78 is 10.4. The van der Waals surface area contributed by atoms with E-state index in [4.69, 9.17) is 9.47 Å². The van der Waals surface area contributed by atoms with Gasteiger partial charge in [-0.3, -0.25) is 14.4 Å².